The standard InChI is InChI=1S/C17H19F2N7/c18-17(19)12-3-4-15-21-8-14(26(15)24-12)13-6-16(23-10-22-13)25-5-1-2-11(7-20)9-25/h3-4,6,8,10-11,17H,1-2,5,7,9,20H2. The number of aromatic nitrogens is 5. The Morgan fingerprint density at radius 1 is 1.23 bits per heavy atom. The van der Waals surface area contributed by atoms with Crippen molar-refractivity contribution >= 4 is 11.5 Å². The quantitative estimate of drug-likeness (QED) is 0.769. The van der Waals surface area contributed by atoms with Gasteiger partial charge in [0.05, 0.1) is 11.9 Å². The monoisotopic (exact) mass is 359 g/mol. The summed E-state index contributed by atoms with van der Waals surface area (Å²) >= 11 is 0. The summed E-state index contributed by atoms with van der Waals surface area (Å²) in [6.45, 7) is 2.42. The number of halogens is 2. The molecule has 7 nitrogen and oxygen atoms in total. The minimum atomic E-state index is -2.64. The van der Waals surface area contributed by atoms with Crippen molar-refractivity contribution in [2.45, 2.75) is 19.3 Å². The number of hydrogen-bond donors (Lipinski definition) is 1. The Bertz CT molecular complexity index is 911. The van der Waals surface area contributed by atoms with Gasteiger partial charge < -0.3 is 10.6 Å². The summed E-state index contributed by atoms with van der Waals surface area (Å²) < 4.78 is 27.3. The number of nitrogens with two attached hydrogens (primary N) is 1. The summed E-state index contributed by atoms with van der Waals surface area (Å²) in [6.07, 6.45) is 2.61. The lowest BCUT2D eigenvalue weighted by molar-refractivity contribution is 0.144. The second-order valence-corrected chi connectivity index (χ2v) is 6.42. The molecule has 1 atom stereocenters. The van der Waals surface area contributed by atoms with Crippen molar-refractivity contribution in [1.82, 2.24) is 24.6 Å². The number of imidazole rings is 1. The predicted molar refractivity (Wildman–Crippen MR) is 93.0 cm³/mol. The molecule has 3 aromatic rings. The van der Waals surface area contributed by atoms with E-state index in [1.807, 2.05) is 6.07 Å². The summed E-state index contributed by atoms with van der Waals surface area (Å²) in [5, 5.41) is 3.99. The predicted octanol–water partition coefficient (Wildman–Crippen LogP) is 2.30. The number of nitrogens with zero attached hydrogens (tertiary/aromatic N) is 6. The van der Waals surface area contributed by atoms with Gasteiger partial charge in [-0.15, -0.1) is 0 Å². The molecule has 4 rings (SSSR count). The van der Waals surface area contributed by atoms with E-state index < -0.39 is 6.43 Å². The van der Waals surface area contributed by atoms with Crippen LogP contribution in [0, 0.1) is 5.92 Å². The molecular formula is C17H19F2N7. The minimum absolute atomic E-state index is 0.298. The van der Waals surface area contributed by atoms with Gasteiger partial charge in [0.25, 0.3) is 6.43 Å². The van der Waals surface area contributed by atoms with Gasteiger partial charge in [-0.25, -0.2) is 28.2 Å². The molecule has 0 radical (unpaired) electrons. The number of hydrogen-bond acceptors (Lipinski definition) is 6. The highest BCUT2D eigenvalue weighted by Crippen LogP contribution is 2.25. The van der Waals surface area contributed by atoms with Gasteiger partial charge in [-0.1, -0.05) is 0 Å². The Balaban J connectivity index is 1.70. The van der Waals surface area contributed by atoms with Crippen molar-refractivity contribution in [1.29, 1.82) is 0 Å². The Kier molecular flexibility index (Phi) is 4.46. The normalized spacial score (nSPS) is 18.0. The molecule has 9 heteroatoms. The summed E-state index contributed by atoms with van der Waals surface area (Å²) in [5.41, 5.74) is 7.15. The van der Waals surface area contributed by atoms with Crippen LogP contribution in [-0.2, 0) is 0 Å². The highest BCUT2D eigenvalue weighted by Gasteiger charge is 2.21. The zero-order chi connectivity index (χ0) is 18.1. The van der Waals surface area contributed by atoms with Crippen LogP contribution in [0.4, 0.5) is 14.6 Å². The summed E-state index contributed by atoms with van der Waals surface area (Å²) in [5.74, 6) is 1.25. The maximum Gasteiger partial charge on any atom is 0.282 e. The number of rotatable bonds is 4. The zero-order valence-corrected chi connectivity index (χ0v) is 14.1. The lowest BCUT2D eigenvalue weighted by Gasteiger charge is -2.33. The van der Waals surface area contributed by atoms with E-state index in [4.69, 9.17) is 5.73 Å². The van der Waals surface area contributed by atoms with Crippen LogP contribution in [0.3, 0.4) is 0 Å². The van der Waals surface area contributed by atoms with Crippen molar-refractivity contribution in [2.75, 3.05) is 24.5 Å². The molecule has 0 aliphatic carbocycles. The van der Waals surface area contributed by atoms with E-state index in [0.717, 1.165) is 31.7 Å². The van der Waals surface area contributed by atoms with Crippen LogP contribution in [0.1, 0.15) is 25.0 Å². The molecule has 0 bridgehead atoms. The van der Waals surface area contributed by atoms with Crippen LogP contribution in [-0.4, -0.2) is 44.2 Å². The third-order valence-corrected chi connectivity index (χ3v) is 4.70. The van der Waals surface area contributed by atoms with Crippen molar-refractivity contribution in [2.24, 2.45) is 11.7 Å². The second-order valence-electron chi connectivity index (χ2n) is 6.42. The van der Waals surface area contributed by atoms with E-state index in [2.05, 4.69) is 25.0 Å². The van der Waals surface area contributed by atoms with Gasteiger partial charge in [-0.2, -0.15) is 5.10 Å². The summed E-state index contributed by atoms with van der Waals surface area (Å²) in [4.78, 5) is 15.1. The minimum Gasteiger partial charge on any atom is -0.356 e. The highest BCUT2D eigenvalue weighted by atomic mass is 19.3. The van der Waals surface area contributed by atoms with Gasteiger partial charge in [0, 0.05) is 19.2 Å². The van der Waals surface area contributed by atoms with Crippen LogP contribution >= 0.6 is 0 Å². The second kappa shape index (κ2) is 6.91. The molecule has 1 fully saturated rings. The van der Waals surface area contributed by atoms with Crippen molar-refractivity contribution in [3.63, 3.8) is 0 Å². The van der Waals surface area contributed by atoms with E-state index in [1.54, 1.807) is 6.20 Å². The van der Waals surface area contributed by atoms with Gasteiger partial charge in [0.15, 0.2) is 5.65 Å². The number of piperidine rings is 1. The highest BCUT2D eigenvalue weighted by molar-refractivity contribution is 5.62. The number of fused-ring (bicyclic) bond motifs is 1. The largest absolute Gasteiger partial charge is 0.356 e. The van der Waals surface area contributed by atoms with E-state index in [-0.39, 0.29) is 5.69 Å². The molecule has 1 aliphatic heterocycles. The first-order valence-corrected chi connectivity index (χ1v) is 8.56. The van der Waals surface area contributed by atoms with E-state index >= 15 is 0 Å². The Morgan fingerprint density at radius 2 is 2.12 bits per heavy atom. The average Bonchev–Trinajstić information content (AvgIpc) is 3.11. The molecule has 136 valence electrons. The van der Waals surface area contributed by atoms with Crippen LogP contribution in [0.5, 0.6) is 0 Å². The SMILES string of the molecule is NCC1CCCN(c2cc(-c3cnc4ccc(C(F)F)nn34)ncn2)C1. The van der Waals surface area contributed by atoms with Crippen LogP contribution in [0.15, 0.2) is 30.7 Å². The Morgan fingerprint density at radius 3 is 2.92 bits per heavy atom. The lowest BCUT2D eigenvalue weighted by atomic mass is 9.98. The lowest BCUT2D eigenvalue weighted by Crippen LogP contribution is -2.38. The molecule has 3 aromatic heterocycles. The number of anilines is 1. The van der Waals surface area contributed by atoms with Crippen LogP contribution < -0.4 is 10.6 Å². The number of alkyl halides is 2. The smallest absolute Gasteiger partial charge is 0.282 e. The van der Waals surface area contributed by atoms with Gasteiger partial charge in [0.2, 0.25) is 0 Å². The van der Waals surface area contributed by atoms with Crippen molar-refractivity contribution < 1.29 is 8.78 Å². The molecule has 1 aliphatic rings. The summed E-state index contributed by atoms with van der Waals surface area (Å²) in [7, 11) is 0. The molecule has 0 saturated carbocycles. The van der Waals surface area contributed by atoms with E-state index in [9.17, 15) is 8.78 Å². The van der Waals surface area contributed by atoms with Gasteiger partial charge in [-0.05, 0) is 37.4 Å². The van der Waals surface area contributed by atoms with Crippen LogP contribution in [0.25, 0.3) is 17.0 Å². The van der Waals surface area contributed by atoms with Gasteiger partial charge in [0.1, 0.15) is 23.5 Å². The van der Waals surface area contributed by atoms with Crippen LogP contribution in [0.2, 0.25) is 0 Å². The third kappa shape index (κ3) is 3.10. The van der Waals surface area contributed by atoms with E-state index in [0.29, 0.717) is 29.5 Å². The first-order valence-electron chi connectivity index (χ1n) is 8.56. The van der Waals surface area contributed by atoms with E-state index in [1.165, 1.54) is 23.0 Å². The molecule has 0 aromatic carbocycles. The molecule has 0 amide bonds. The topological polar surface area (TPSA) is 85.2 Å². The molecule has 26 heavy (non-hydrogen) atoms. The zero-order valence-electron chi connectivity index (χ0n) is 14.1. The molecule has 2 N–H and O–H groups in total. The molecular weight excluding hydrogens is 340 g/mol. The fraction of sp³-hybridized carbons (Fsp3) is 0.412. The maximum atomic E-state index is 13.0. The first-order chi connectivity index (χ1) is 12.7. The fourth-order valence-electron chi connectivity index (χ4n) is 3.30. The maximum absolute atomic E-state index is 13.0. The average molecular weight is 359 g/mol. The molecule has 4 heterocycles. The Labute approximate surface area is 148 Å². The van der Waals surface area contributed by atoms with Gasteiger partial charge in [-0.3, -0.25) is 0 Å². The van der Waals surface area contributed by atoms with Crippen molar-refractivity contribution in [3.8, 4) is 11.4 Å². The molecule has 0 spiro atoms. The molecule has 1 saturated heterocycles. The fourth-order valence-corrected chi connectivity index (χ4v) is 3.30. The third-order valence-electron chi connectivity index (χ3n) is 4.70. The van der Waals surface area contributed by atoms with Crippen molar-refractivity contribution in [3.05, 3.63) is 36.4 Å². The first kappa shape index (κ1) is 16.8. The summed E-state index contributed by atoms with van der Waals surface area (Å²) in [6, 6.07) is 4.65. The Hall–Kier alpha value is -2.68. The van der Waals surface area contributed by atoms with Gasteiger partial charge >= 0.3 is 0 Å². The molecule has 1 unspecified atom stereocenters.